The zero-order chi connectivity index (χ0) is 12.6. The maximum Gasteiger partial charge on any atom is 0.356 e. The van der Waals surface area contributed by atoms with Crippen LogP contribution in [0.4, 0.5) is 0 Å². The maximum absolute atomic E-state index is 10.9. The van der Waals surface area contributed by atoms with Crippen molar-refractivity contribution in [3.05, 3.63) is 39.6 Å². The van der Waals surface area contributed by atoms with Gasteiger partial charge in [0.2, 0.25) is 0 Å². The van der Waals surface area contributed by atoms with Gasteiger partial charge in [-0.15, -0.1) is 0 Å². The molecule has 0 unspecified atom stereocenters. The Labute approximate surface area is 107 Å². The molecule has 0 amide bonds. The van der Waals surface area contributed by atoms with Gasteiger partial charge in [-0.25, -0.2) is 9.78 Å². The molecular formula is C11H8Cl2N2O2. The highest BCUT2D eigenvalue weighted by atomic mass is 35.5. The van der Waals surface area contributed by atoms with Gasteiger partial charge in [-0.3, -0.25) is 0 Å². The van der Waals surface area contributed by atoms with E-state index < -0.39 is 5.97 Å². The van der Waals surface area contributed by atoms with Crippen LogP contribution in [0.15, 0.2) is 18.2 Å². The molecule has 0 bridgehead atoms. The first-order valence-electron chi connectivity index (χ1n) is 4.74. The molecule has 0 aliphatic rings. The van der Waals surface area contributed by atoms with E-state index in [1.165, 1.54) is 0 Å². The quantitative estimate of drug-likeness (QED) is 0.879. The van der Waals surface area contributed by atoms with Gasteiger partial charge in [0.15, 0.2) is 5.69 Å². The molecule has 1 aromatic carbocycles. The monoisotopic (exact) mass is 270 g/mol. The highest BCUT2D eigenvalue weighted by Crippen LogP contribution is 2.29. The third-order valence-corrected chi connectivity index (χ3v) is 2.82. The zero-order valence-electron chi connectivity index (χ0n) is 8.79. The van der Waals surface area contributed by atoms with Crippen molar-refractivity contribution >= 4 is 29.2 Å². The first kappa shape index (κ1) is 12.0. The fraction of sp³-hybridized carbons (Fsp3) is 0.0909. The second-order valence-corrected chi connectivity index (χ2v) is 4.33. The third-order valence-electron chi connectivity index (χ3n) is 2.27. The molecule has 17 heavy (non-hydrogen) atoms. The average Bonchev–Trinajstić information content (AvgIpc) is 2.60. The molecule has 2 aromatic rings. The van der Waals surface area contributed by atoms with Crippen LogP contribution in [0.2, 0.25) is 10.0 Å². The number of aryl methyl sites for hydroxylation is 1. The molecule has 0 saturated heterocycles. The van der Waals surface area contributed by atoms with Gasteiger partial charge in [0.25, 0.3) is 0 Å². The van der Waals surface area contributed by atoms with E-state index in [9.17, 15) is 4.79 Å². The molecule has 0 radical (unpaired) electrons. The predicted octanol–water partition coefficient (Wildman–Crippen LogP) is 3.39. The molecule has 0 saturated carbocycles. The molecule has 0 aliphatic heterocycles. The molecular weight excluding hydrogens is 263 g/mol. The SMILES string of the molecule is Cc1[nH]c(-c2ccc(Cl)cc2Cl)nc1C(=O)O. The number of benzene rings is 1. The maximum atomic E-state index is 10.9. The number of aromatic nitrogens is 2. The second kappa shape index (κ2) is 4.39. The van der Waals surface area contributed by atoms with Crippen LogP contribution in [0.1, 0.15) is 16.2 Å². The molecule has 4 nitrogen and oxygen atoms in total. The largest absolute Gasteiger partial charge is 0.476 e. The molecule has 2 N–H and O–H groups in total. The summed E-state index contributed by atoms with van der Waals surface area (Å²) in [5.74, 6) is -0.656. The molecule has 0 fully saturated rings. The van der Waals surface area contributed by atoms with Crippen molar-refractivity contribution in [2.24, 2.45) is 0 Å². The smallest absolute Gasteiger partial charge is 0.356 e. The highest BCUT2D eigenvalue weighted by Gasteiger charge is 2.15. The minimum absolute atomic E-state index is 0.00832. The van der Waals surface area contributed by atoms with E-state index in [1.807, 2.05) is 0 Å². The van der Waals surface area contributed by atoms with Crippen LogP contribution in [-0.2, 0) is 0 Å². The number of hydrogen-bond acceptors (Lipinski definition) is 2. The average molecular weight is 271 g/mol. The number of nitrogens with one attached hydrogen (secondary N) is 1. The third kappa shape index (κ3) is 2.28. The summed E-state index contributed by atoms with van der Waals surface area (Å²) in [4.78, 5) is 17.7. The summed E-state index contributed by atoms with van der Waals surface area (Å²) in [6.45, 7) is 1.64. The Morgan fingerprint density at radius 3 is 2.65 bits per heavy atom. The molecule has 6 heteroatoms. The number of carboxylic acid groups (broad SMARTS) is 1. The predicted molar refractivity (Wildman–Crippen MR) is 65.7 cm³/mol. The van der Waals surface area contributed by atoms with Crippen LogP contribution in [0.5, 0.6) is 0 Å². The lowest BCUT2D eigenvalue weighted by atomic mass is 10.2. The van der Waals surface area contributed by atoms with Gasteiger partial charge >= 0.3 is 5.97 Å². The van der Waals surface area contributed by atoms with Crippen molar-refractivity contribution in [2.45, 2.75) is 6.92 Å². The highest BCUT2D eigenvalue weighted by molar-refractivity contribution is 6.36. The first-order chi connectivity index (χ1) is 7.99. The van der Waals surface area contributed by atoms with Gasteiger partial charge in [0, 0.05) is 16.3 Å². The number of nitrogens with zero attached hydrogens (tertiary/aromatic N) is 1. The molecule has 1 heterocycles. The van der Waals surface area contributed by atoms with Crippen LogP contribution in [0.25, 0.3) is 11.4 Å². The first-order valence-corrected chi connectivity index (χ1v) is 5.50. The van der Waals surface area contributed by atoms with Gasteiger partial charge in [0.1, 0.15) is 5.82 Å². The van der Waals surface area contributed by atoms with Crippen molar-refractivity contribution in [3.63, 3.8) is 0 Å². The van der Waals surface area contributed by atoms with E-state index in [1.54, 1.807) is 25.1 Å². The number of carbonyl (C=O) groups is 1. The summed E-state index contributed by atoms with van der Waals surface area (Å²) in [6, 6.07) is 4.94. The van der Waals surface area contributed by atoms with Crippen molar-refractivity contribution < 1.29 is 9.90 Å². The lowest BCUT2D eigenvalue weighted by Crippen LogP contribution is -1.98. The van der Waals surface area contributed by atoms with E-state index in [4.69, 9.17) is 28.3 Å². The Balaban J connectivity index is 2.53. The van der Waals surface area contributed by atoms with Gasteiger partial charge in [-0.2, -0.15) is 0 Å². The van der Waals surface area contributed by atoms with E-state index in [2.05, 4.69) is 9.97 Å². The minimum Gasteiger partial charge on any atom is -0.476 e. The fourth-order valence-electron chi connectivity index (χ4n) is 1.48. The van der Waals surface area contributed by atoms with E-state index in [0.717, 1.165) is 0 Å². The zero-order valence-corrected chi connectivity index (χ0v) is 10.3. The number of halogens is 2. The van der Waals surface area contributed by atoms with E-state index in [-0.39, 0.29) is 5.69 Å². The Hall–Kier alpha value is -1.52. The van der Waals surface area contributed by atoms with Crippen molar-refractivity contribution in [1.29, 1.82) is 0 Å². The lowest BCUT2D eigenvalue weighted by molar-refractivity contribution is 0.0690. The Bertz CT molecular complexity index is 593. The van der Waals surface area contributed by atoms with Crippen LogP contribution >= 0.6 is 23.2 Å². The van der Waals surface area contributed by atoms with E-state index in [0.29, 0.717) is 27.1 Å². The van der Waals surface area contributed by atoms with Crippen molar-refractivity contribution in [3.8, 4) is 11.4 Å². The Morgan fingerprint density at radius 1 is 1.41 bits per heavy atom. The van der Waals surface area contributed by atoms with Crippen molar-refractivity contribution in [1.82, 2.24) is 9.97 Å². The summed E-state index contributed by atoms with van der Waals surface area (Å²) in [6.07, 6.45) is 0. The van der Waals surface area contributed by atoms with Gasteiger partial charge in [-0.05, 0) is 25.1 Å². The van der Waals surface area contributed by atoms with Crippen LogP contribution < -0.4 is 0 Å². The van der Waals surface area contributed by atoms with Crippen molar-refractivity contribution in [2.75, 3.05) is 0 Å². The van der Waals surface area contributed by atoms with Crippen LogP contribution in [-0.4, -0.2) is 21.0 Å². The Morgan fingerprint density at radius 2 is 2.12 bits per heavy atom. The van der Waals surface area contributed by atoms with Crippen LogP contribution in [0, 0.1) is 6.92 Å². The summed E-state index contributed by atoms with van der Waals surface area (Å²) in [7, 11) is 0. The molecule has 2 rings (SSSR count). The molecule has 88 valence electrons. The standard InChI is InChI=1S/C11H8Cl2N2O2/c1-5-9(11(16)17)15-10(14-5)7-3-2-6(12)4-8(7)13/h2-4H,1H3,(H,14,15)(H,16,17). The number of hydrogen-bond donors (Lipinski definition) is 2. The van der Waals surface area contributed by atoms with Crippen LogP contribution in [0.3, 0.4) is 0 Å². The minimum atomic E-state index is -1.07. The number of rotatable bonds is 2. The lowest BCUT2D eigenvalue weighted by Gasteiger charge is -2.00. The number of aromatic carboxylic acids is 1. The number of carboxylic acids is 1. The number of imidazole rings is 1. The van der Waals surface area contributed by atoms with Gasteiger partial charge < -0.3 is 10.1 Å². The summed E-state index contributed by atoms with van der Waals surface area (Å²) >= 11 is 11.8. The second-order valence-electron chi connectivity index (χ2n) is 3.49. The molecule has 1 aromatic heterocycles. The fourth-order valence-corrected chi connectivity index (χ4v) is 1.98. The number of H-pyrrole nitrogens is 1. The molecule has 0 spiro atoms. The topological polar surface area (TPSA) is 66.0 Å². The van der Waals surface area contributed by atoms with Gasteiger partial charge in [0.05, 0.1) is 5.02 Å². The van der Waals surface area contributed by atoms with E-state index >= 15 is 0 Å². The Kier molecular flexibility index (Phi) is 3.09. The summed E-state index contributed by atoms with van der Waals surface area (Å²) in [5, 5.41) is 9.84. The summed E-state index contributed by atoms with van der Waals surface area (Å²) in [5.41, 5.74) is 1.09. The molecule has 0 aliphatic carbocycles. The number of aromatic amines is 1. The molecule has 0 atom stereocenters. The summed E-state index contributed by atoms with van der Waals surface area (Å²) < 4.78 is 0. The van der Waals surface area contributed by atoms with Gasteiger partial charge in [-0.1, -0.05) is 23.2 Å². The normalized spacial score (nSPS) is 10.5.